The van der Waals surface area contributed by atoms with Crippen LogP contribution in [-0.2, 0) is 0 Å². The number of hydrogen-bond acceptors (Lipinski definition) is 3. The quantitative estimate of drug-likeness (QED) is 0.470. The second-order valence-corrected chi connectivity index (χ2v) is 7.94. The molecule has 2 atom stereocenters. The Hall–Kier alpha value is -1.58. The maximum Gasteiger partial charge on any atom is 0.119 e. The Balaban J connectivity index is 1.90. The molecule has 0 amide bonds. The molecule has 0 radical (unpaired) electrons. The largest absolute Gasteiger partial charge is 0.497 e. The van der Waals surface area contributed by atoms with Gasteiger partial charge in [0.1, 0.15) is 5.75 Å². The van der Waals surface area contributed by atoms with Gasteiger partial charge in [-0.1, -0.05) is 58.4 Å². The summed E-state index contributed by atoms with van der Waals surface area (Å²) in [6, 6.07) is 13.8. The Morgan fingerprint density at radius 1 is 0.964 bits per heavy atom. The van der Waals surface area contributed by atoms with Crippen LogP contribution >= 0.6 is 0 Å². The molecule has 0 bridgehead atoms. The molecule has 0 spiro atoms. The summed E-state index contributed by atoms with van der Waals surface area (Å²) in [7, 11) is 1.72. The monoisotopic (exact) mass is 384 g/mol. The summed E-state index contributed by atoms with van der Waals surface area (Å²) in [6.07, 6.45) is 5.07. The highest BCUT2D eigenvalue weighted by molar-refractivity contribution is 5.84. The molecule has 2 unspecified atom stereocenters. The molecule has 0 fully saturated rings. The number of hydrogen-bond donors (Lipinski definition) is 1. The molecule has 3 nitrogen and oxygen atoms in total. The van der Waals surface area contributed by atoms with E-state index in [9.17, 15) is 0 Å². The van der Waals surface area contributed by atoms with E-state index in [4.69, 9.17) is 4.74 Å². The second kappa shape index (κ2) is 12.1. The Bertz CT molecular complexity index is 696. The van der Waals surface area contributed by atoms with E-state index < -0.39 is 0 Å². The van der Waals surface area contributed by atoms with Crippen LogP contribution in [0.2, 0.25) is 0 Å². The number of rotatable bonds is 13. The van der Waals surface area contributed by atoms with Gasteiger partial charge in [-0.25, -0.2) is 0 Å². The molecule has 3 heteroatoms. The van der Waals surface area contributed by atoms with E-state index in [1.54, 1.807) is 7.11 Å². The van der Waals surface area contributed by atoms with Crippen molar-refractivity contribution >= 4 is 10.8 Å². The third kappa shape index (κ3) is 6.79. The molecule has 0 saturated heterocycles. The van der Waals surface area contributed by atoms with Crippen molar-refractivity contribution in [3.05, 3.63) is 42.0 Å². The summed E-state index contributed by atoms with van der Waals surface area (Å²) >= 11 is 0. The van der Waals surface area contributed by atoms with Gasteiger partial charge in [0.05, 0.1) is 7.11 Å². The van der Waals surface area contributed by atoms with Crippen LogP contribution in [0.4, 0.5) is 0 Å². The van der Waals surface area contributed by atoms with Gasteiger partial charge in [-0.15, -0.1) is 0 Å². The third-order valence-electron chi connectivity index (χ3n) is 5.91. The molecule has 0 aliphatic carbocycles. The fourth-order valence-electron chi connectivity index (χ4n) is 3.94. The molecular formula is C25H40N2O. The van der Waals surface area contributed by atoms with E-state index in [-0.39, 0.29) is 0 Å². The van der Waals surface area contributed by atoms with Gasteiger partial charge in [0.25, 0.3) is 0 Å². The zero-order chi connectivity index (χ0) is 20.4. The lowest BCUT2D eigenvalue weighted by Gasteiger charge is -2.23. The van der Waals surface area contributed by atoms with Crippen molar-refractivity contribution in [1.29, 1.82) is 0 Å². The molecule has 28 heavy (non-hydrogen) atoms. The van der Waals surface area contributed by atoms with Crippen molar-refractivity contribution in [2.45, 2.75) is 65.3 Å². The summed E-state index contributed by atoms with van der Waals surface area (Å²) in [5.74, 6) is 1.43. The van der Waals surface area contributed by atoms with Gasteiger partial charge in [0, 0.05) is 12.6 Å². The van der Waals surface area contributed by atoms with E-state index in [2.05, 4.69) is 68.2 Å². The first-order valence-corrected chi connectivity index (χ1v) is 11.1. The van der Waals surface area contributed by atoms with E-state index in [1.807, 2.05) is 6.07 Å². The summed E-state index contributed by atoms with van der Waals surface area (Å²) in [4.78, 5) is 2.52. The van der Waals surface area contributed by atoms with E-state index in [0.717, 1.165) is 25.4 Å². The molecule has 0 heterocycles. The molecule has 0 aliphatic heterocycles. The summed E-state index contributed by atoms with van der Waals surface area (Å²) in [6.45, 7) is 13.7. The molecule has 0 aromatic heterocycles. The van der Waals surface area contributed by atoms with Gasteiger partial charge in [-0.3, -0.25) is 0 Å². The van der Waals surface area contributed by atoms with Crippen LogP contribution in [0.3, 0.4) is 0 Å². The van der Waals surface area contributed by atoms with E-state index in [1.165, 1.54) is 48.6 Å². The maximum atomic E-state index is 5.34. The number of fused-ring (bicyclic) bond motifs is 1. The summed E-state index contributed by atoms with van der Waals surface area (Å²) in [5, 5.41) is 6.38. The lowest BCUT2D eigenvalue weighted by Crippen LogP contribution is -2.33. The maximum absolute atomic E-state index is 5.34. The van der Waals surface area contributed by atoms with Crippen LogP contribution in [-0.4, -0.2) is 44.2 Å². The third-order valence-corrected chi connectivity index (χ3v) is 5.91. The Morgan fingerprint density at radius 3 is 2.36 bits per heavy atom. The second-order valence-electron chi connectivity index (χ2n) is 7.94. The SMILES string of the molecule is CCCC(CCCN(CC)CC)NCC(C)c1ccc2cc(OC)ccc2c1. The molecule has 0 saturated carbocycles. The summed E-state index contributed by atoms with van der Waals surface area (Å²) in [5.41, 5.74) is 1.41. The molecule has 2 aromatic rings. The molecule has 2 aromatic carbocycles. The van der Waals surface area contributed by atoms with Crippen LogP contribution in [0.1, 0.15) is 64.9 Å². The zero-order valence-corrected chi connectivity index (χ0v) is 18.6. The first-order chi connectivity index (χ1) is 13.6. The molecule has 1 N–H and O–H groups in total. The number of benzene rings is 2. The van der Waals surface area contributed by atoms with Gasteiger partial charge >= 0.3 is 0 Å². The predicted molar refractivity (Wildman–Crippen MR) is 123 cm³/mol. The van der Waals surface area contributed by atoms with E-state index >= 15 is 0 Å². The molecule has 2 rings (SSSR count). The van der Waals surface area contributed by atoms with E-state index in [0.29, 0.717) is 12.0 Å². The smallest absolute Gasteiger partial charge is 0.119 e. The number of nitrogens with one attached hydrogen (secondary N) is 1. The van der Waals surface area contributed by atoms with Crippen molar-refractivity contribution in [3.8, 4) is 5.75 Å². The molecular weight excluding hydrogens is 344 g/mol. The minimum atomic E-state index is 0.508. The van der Waals surface area contributed by atoms with Crippen LogP contribution < -0.4 is 10.1 Å². The highest BCUT2D eigenvalue weighted by atomic mass is 16.5. The number of ether oxygens (including phenoxy) is 1. The zero-order valence-electron chi connectivity index (χ0n) is 18.6. The van der Waals surface area contributed by atoms with Crippen molar-refractivity contribution in [3.63, 3.8) is 0 Å². The summed E-state index contributed by atoms with van der Waals surface area (Å²) < 4.78 is 5.34. The first-order valence-electron chi connectivity index (χ1n) is 11.1. The van der Waals surface area contributed by atoms with Crippen molar-refractivity contribution in [2.24, 2.45) is 0 Å². The van der Waals surface area contributed by atoms with Crippen LogP contribution in [0.25, 0.3) is 10.8 Å². The fourth-order valence-corrected chi connectivity index (χ4v) is 3.94. The number of methoxy groups -OCH3 is 1. The fraction of sp³-hybridized carbons (Fsp3) is 0.600. The van der Waals surface area contributed by atoms with Gasteiger partial charge in [-0.05, 0) is 73.3 Å². The van der Waals surface area contributed by atoms with Crippen LogP contribution in [0.5, 0.6) is 5.75 Å². The Kier molecular flexibility index (Phi) is 9.80. The Labute approximate surface area is 172 Å². The lowest BCUT2D eigenvalue weighted by molar-refractivity contribution is 0.286. The molecule has 0 aliphatic rings. The van der Waals surface area contributed by atoms with Gasteiger partial charge in [0.2, 0.25) is 0 Å². The van der Waals surface area contributed by atoms with Gasteiger partial charge in [0.15, 0.2) is 0 Å². The highest BCUT2D eigenvalue weighted by Gasteiger charge is 2.12. The van der Waals surface area contributed by atoms with Crippen molar-refractivity contribution < 1.29 is 4.74 Å². The Morgan fingerprint density at radius 2 is 1.68 bits per heavy atom. The van der Waals surface area contributed by atoms with Crippen LogP contribution in [0, 0.1) is 0 Å². The molecule has 156 valence electrons. The minimum Gasteiger partial charge on any atom is -0.497 e. The minimum absolute atomic E-state index is 0.508. The average Bonchev–Trinajstić information content (AvgIpc) is 2.73. The average molecular weight is 385 g/mol. The lowest BCUT2D eigenvalue weighted by atomic mass is 9.96. The number of nitrogens with zero attached hydrogens (tertiary/aromatic N) is 1. The van der Waals surface area contributed by atoms with Crippen molar-refractivity contribution in [1.82, 2.24) is 10.2 Å². The van der Waals surface area contributed by atoms with Gasteiger partial charge in [-0.2, -0.15) is 0 Å². The van der Waals surface area contributed by atoms with Gasteiger partial charge < -0.3 is 15.0 Å². The van der Waals surface area contributed by atoms with Crippen molar-refractivity contribution in [2.75, 3.05) is 33.3 Å². The normalized spacial score (nSPS) is 13.8. The van der Waals surface area contributed by atoms with Crippen LogP contribution in [0.15, 0.2) is 36.4 Å². The topological polar surface area (TPSA) is 24.5 Å². The first kappa shape index (κ1) is 22.7. The highest BCUT2D eigenvalue weighted by Crippen LogP contribution is 2.25. The predicted octanol–water partition coefficient (Wildman–Crippen LogP) is 5.83. The standard InChI is InChI=1S/C25H40N2O/c1-6-10-24(11-9-16-27(7-2)8-3)26-19-20(4)21-12-13-23-18-25(28-5)15-14-22(23)17-21/h12-15,17-18,20,24,26H,6-11,16,19H2,1-5H3.